The summed E-state index contributed by atoms with van der Waals surface area (Å²) in [7, 11) is 0. The van der Waals surface area contributed by atoms with Crippen LogP contribution in [0.25, 0.3) is 0 Å². The Kier molecular flexibility index (Phi) is 50.8. The van der Waals surface area contributed by atoms with Gasteiger partial charge in [0.15, 0.2) is 6.10 Å². The Morgan fingerprint density at radius 3 is 0.953 bits per heavy atom. The summed E-state index contributed by atoms with van der Waals surface area (Å²) in [6.45, 7) is 6.57. The molecule has 64 heavy (non-hydrogen) atoms. The SMILES string of the molecule is CCCCC/C=C\C/C=C\C/C=C\CCCCC(=O)O[C@H](COC(=O)CCCCCCC/C=C\CCCCC)COC(=O)CCCCCCCCCCCCCCCCCCCCC. The molecule has 0 radical (unpaired) electrons. The molecular weight excluding hydrogens is 793 g/mol. The summed E-state index contributed by atoms with van der Waals surface area (Å²) in [5.41, 5.74) is 0. The lowest BCUT2D eigenvalue weighted by atomic mass is 10.0. The zero-order valence-electron chi connectivity index (χ0n) is 42.6. The highest BCUT2D eigenvalue weighted by Crippen LogP contribution is 2.16. The quantitative estimate of drug-likeness (QED) is 0.0262. The molecule has 0 aliphatic carbocycles. The minimum Gasteiger partial charge on any atom is -0.462 e. The number of carbonyl (C=O) groups excluding carboxylic acids is 3. The van der Waals surface area contributed by atoms with Gasteiger partial charge in [0.2, 0.25) is 0 Å². The molecular formula is C58H104O6. The van der Waals surface area contributed by atoms with E-state index in [0.717, 1.165) is 70.6 Å². The number of ether oxygens (including phenoxy) is 3. The van der Waals surface area contributed by atoms with Gasteiger partial charge in [0.1, 0.15) is 13.2 Å². The number of allylic oxidation sites excluding steroid dienone is 8. The molecule has 6 nitrogen and oxygen atoms in total. The molecule has 0 bridgehead atoms. The molecule has 0 aromatic heterocycles. The van der Waals surface area contributed by atoms with Crippen LogP contribution in [0.1, 0.15) is 284 Å². The van der Waals surface area contributed by atoms with Crippen molar-refractivity contribution in [1.82, 2.24) is 0 Å². The van der Waals surface area contributed by atoms with E-state index in [1.165, 1.54) is 167 Å². The molecule has 0 amide bonds. The maximum absolute atomic E-state index is 12.8. The standard InChI is InChI=1S/C58H104O6/c1-4-7-10-13-16-19-22-25-27-28-29-30-32-33-36-39-42-45-48-51-57(60)63-54-55(53-62-56(59)50-47-44-41-38-35-24-21-18-15-12-9-6-3)64-58(61)52-49-46-43-40-37-34-31-26-23-20-17-14-11-8-5-2/h17-18,20-21,26,31,37,40,55H,4-16,19,22-25,27-30,32-36,38-39,41-54H2,1-3H3/b20-17-,21-18-,31-26-,40-37-/t55-/m1/s1. The molecule has 0 saturated heterocycles. The van der Waals surface area contributed by atoms with Gasteiger partial charge in [-0.05, 0) is 83.5 Å². The molecule has 0 heterocycles. The molecule has 0 spiro atoms. The van der Waals surface area contributed by atoms with Crippen molar-refractivity contribution < 1.29 is 28.6 Å². The van der Waals surface area contributed by atoms with Gasteiger partial charge < -0.3 is 14.2 Å². The molecule has 0 aliphatic heterocycles. The number of unbranched alkanes of at least 4 members (excludes halogenated alkanes) is 31. The Hall–Kier alpha value is -2.63. The van der Waals surface area contributed by atoms with Gasteiger partial charge in [-0.15, -0.1) is 0 Å². The van der Waals surface area contributed by atoms with Crippen LogP contribution in [0.4, 0.5) is 0 Å². The molecule has 0 aliphatic rings. The average Bonchev–Trinajstić information content (AvgIpc) is 3.29. The van der Waals surface area contributed by atoms with Crippen molar-refractivity contribution in [1.29, 1.82) is 0 Å². The maximum atomic E-state index is 12.8. The summed E-state index contributed by atoms with van der Waals surface area (Å²) in [5, 5.41) is 0. The summed E-state index contributed by atoms with van der Waals surface area (Å²) in [4.78, 5) is 38.0. The van der Waals surface area contributed by atoms with Gasteiger partial charge in [0.05, 0.1) is 0 Å². The predicted octanol–water partition coefficient (Wildman–Crippen LogP) is 18.3. The van der Waals surface area contributed by atoms with Crippen molar-refractivity contribution in [3.05, 3.63) is 48.6 Å². The fraction of sp³-hybridized carbons (Fsp3) is 0.810. The highest BCUT2D eigenvalue weighted by Gasteiger charge is 2.19. The van der Waals surface area contributed by atoms with Crippen LogP contribution in [0.2, 0.25) is 0 Å². The second-order valence-electron chi connectivity index (χ2n) is 18.5. The van der Waals surface area contributed by atoms with Crippen molar-refractivity contribution in [2.45, 2.75) is 290 Å². The highest BCUT2D eigenvalue weighted by molar-refractivity contribution is 5.71. The molecule has 0 unspecified atom stereocenters. The van der Waals surface area contributed by atoms with Crippen LogP contribution in [-0.4, -0.2) is 37.2 Å². The minimum atomic E-state index is -0.793. The van der Waals surface area contributed by atoms with Crippen LogP contribution in [0.3, 0.4) is 0 Å². The lowest BCUT2D eigenvalue weighted by Gasteiger charge is -2.18. The molecule has 0 rings (SSSR count). The second kappa shape index (κ2) is 53.0. The topological polar surface area (TPSA) is 78.9 Å². The van der Waals surface area contributed by atoms with Gasteiger partial charge >= 0.3 is 17.9 Å². The first-order chi connectivity index (χ1) is 31.5. The lowest BCUT2D eigenvalue weighted by molar-refractivity contribution is -0.167. The van der Waals surface area contributed by atoms with Crippen LogP contribution < -0.4 is 0 Å². The largest absolute Gasteiger partial charge is 0.462 e. The Bertz CT molecular complexity index is 1120. The molecule has 0 aromatic carbocycles. The molecule has 372 valence electrons. The smallest absolute Gasteiger partial charge is 0.306 e. The summed E-state index contributed by atoms with van der Waals surface area (Å²) < 4.78 is 16.8. The van der Waals surface area contributed by atoms with Crippen LogP contribution in [0.15, 0.2) is 48.6 Å². The van der Waals surface area contributed by atoms with Crippen LogP contribution in [0.5, 0.6) is 0 Å². The Morgan fingerprint density at radius 2 is 0.562 bits per heavy atom. The van der Waals surface area contributed by atoms with Gasteiger partial charge in [0, 0.05) is 19.3 Å². The average molecular weight is 897 g/mol. The monoisotopic (exact) mass is 897 g/mol. The van der Waals surface area contributed by atoms with E-state index < -0.39 is 6.10 Å². The highest BCUT2D eigenvalue weighted by atomic mass is 16.6. The fourth-order valence-corrected chi connectivity index (χ4v) is 7.86. The lowest BCUT2D eigenvalue weighted by Crippen LogP contribution is -2.30. The van der Waals surface area contributed by atoms with E-state index in [1.54, 1.807) is 0 Å². The number of rotatable bonds is 50. The van der Waals surface area contributed by atoms with E-state index in [2.05, 4.69) is 69.4 Å². The van der Waals surface area contributed by atoms with E-state index >= 15 is 0 Å². The van der Waals surface area contributed by atoms with Crippen molar-refractivity contribution in [2.24, 2.45) is 0 Å². The summed E-state index contributed by atoms with van der Waals surface area (Å²) in [6, 6.07) is 0. The van der Waals surface area contributed by atoms with Gasteiger partial charge in [-0.2, -0.15) is 0 Å². The first-order valence-corrected chi connectivity index (χ1v) is 27.6. The number of esters is 3. The second-order valence-corrected chi connectivity index (χ2v) is 18.5. The van der Waals surface area contributed by atoms with Gasteiger partial charge in [-0.1, -0.05) is 230 Å². The summed E-state index contributed by atoms with van der Waals surface area (Å²) >= 11 is 0. The van der Waals surface area contributed by atoms with Gasteiger partial charge in [-0.3, -0.25) is 14.4 Å². The normalized spacial score (nSPS) is 12.4. The van der Waals surface area contributed by atoms with E-state index in [1.807, 2.05) is 0 Å². The van der Waals surface area contributed by atoms with Crippen molar-refractivity contribution in [2.75, 3.05) is 13.2 Å². The maximum Gasteiger partial charge on any atom is 0.306 e. The third-order valence-electron chi connectivity index (χ3n) is 12.1. The molecule has 0 N–H and O–H groups in total. The van der Waals surface area contributed by atoms with E-state index in [9.17, 15) is 14.4 Å². The Labute approximate surface area is 397 Å². The first kappa shape index (κ1) is 61.4. The molecule has 0 aromatic rings. The Morgan fingerprint density at radius 1 is 0.312 bits per heavy atom. The predicted molar refractivity (Wildman–Crippen MR) is 275 cm³/mol. The molecule has 6 heteroatoms. The summed E-state index contributed by atoms with van der Waals surface area (Å²) in [5.74, 6) is -0.926. The van der Waals surface area contributed by atoms with Gasteiger partial charge in [-0.25, -0.2) is 0 Å². The minimum absolute atomic E-state index is 0.0884. The van der Waals surface area contributed by atoms with Crippen LogP contribution in [-0.2, 0) is 28.6 Å². The number of carbonyl (C=O) groups is 3. The zero-order chi connectivity index (χ0) is 46.5. The molecule has 1 atom stereocenters. The van der Waals surface area contributed by atoms with E-state index in [-0.39, 0.29) is 37.5 Å². The Balaban J connectivity index is 4.37. The fourth-order valence-electron chi connectivity index (χ4n) is 7.86. The van der Waals surface area contributed by atoms with E-state index in [0.29, 0.717) is 19.3 Å². The van der Waals surface area contributed by atoms with Crippen LogP contribution in [0, 0.1) is 0 Å². The van der Waals surface area contributed by atoms with Crippen LogP contribution >= 0.6 is 0 Å². The number of hydrogen-bond donors (Lipinski definition) is 0. The van der Waals surface area contributed by atoms with Crippen molar-refractivity contribution in [3.8, 4) is 0 Å². The van der Waals surface area contributed by atoms with Crippen molar-refractivity contribution in [3.63, 3.8) is 0 Å². The molecule has 0 saturated carbocycles. The van der Waals surface area contributed by atoms with E-state index in [4.69, 9.17) is 14.2 Å². The zero-order valence-corrected chi connectivity index (χ0v) is 42.6. The number of hydrogen-bond acceptors (Lipinski definition) is 6. The van der Waals surface area contributed by atoms with Gasteiger partial charge in [0.25, 0.3) is 0 Å². The van der Waals surface area contributed by atoms with Crippen molar-refractivity contribution >= 4 is 17.9 Å². The first-order valence-electron chi connectivity index (χ1n) is 27.6. The summed E-state index contributed by atoms with van der Waals surface area (Å²) in [6.07, 6.45) is 63.9. The molecule has 0 fully saturated rings. The third-order valence-corrected chi connectivity index (χ3v) is 12.1. The third kappa shape index (κ3) is 50.4.